The van der Waals surface area contributed by atoms with Crippen molar-refractivity contribution in [1.29, 1.82) is 0 Å². The maximum Gasteiger partial charge on any atom is 0.340 e. The van der Waals surface area contributed by atoms with Gasteiger partial charge in [0.25, 0.3) is 0 Å². The van der Waals surface area contributed by atoms with Crippen molar-refractivity contribution < 1.29 is 13.9 Å². The van der Waals surface area contributed by atoms with Crippen molar-refractivity contribution in [2.24, 2.45) is 0 Å². The second-order valence-electron chi connectivity index (χ2n) is 4.50. The Morgan fingerprint density at radius 2 is 2.05 bits per heavy atom. The Hall–Kier alpha value is -2.27. The van der Waals surface area contributed by atoms with Gasteiger partial charge in [-0.3, -0.25) is 0 Å². The lowest BCUT2D eigenvalue weighted by Gasteiger charge is -2.15. The summed E-state index contributed by atoms with van der Waals surface area (Å²) in [7, 11) is 1.26. The van der Waals surface area contributed by atoms with Gasteiger partial charge < -0.3 is 15.8 Å². The average molecular weight is 309 g/mol. The molecule has 0 fully saturated rings. The molecule has 0 amide bonds. The summed E-state index contributed by atoms with van der Waals surface area (Å²) in [4.78, 5) is 11.8. The first kappa shape index (κ1) is 15.1. The molecular formula is C15H14ClFN2O2. The van der Waals surface area contributed by atoms with Crippen molar-refractivity contribution in [2.45, 2.75) is 6.92 Å². The van der Waals surface area contributed by atoms with Gasteiger partial charge in [-0.1, -0.05) is 17.7 Å². The molecule has 0 unspecified atom stereocenters. The van der Waals surface area contributed by atoms with Crippen LogP contribution in [0.2, 0.25) is 5.02 Å². The minimum Gasteiger partial charge on any atom is -0.465 e. The molecule has 110 valence electrons. The molecule has 0 aliphatic heterocycles. The van der Waals surface area contributed by atoms with E-state index in [0.29, 0.717) is 17.1 Å². The summed E-state index contributed by atoms with van der Waals surface area (Å²) in [6, 6.07) is 7.26. The number of nitrogens with two attached hydrogens (primary N) is 1. The van der Waals surface area contributed by atoms with Gasteiger partial charge in [-0.15, -0.1) is 0 Å². The van der Waals surface area contributed by atoms with Crippen molar-refractivity contribution >= 4 is 34.6 Å². The molecule has 4 nitrogen and oxygen atoms in total. The molecule has 0 aliphatic rings. The van der Waals surface area contributed by atoms with Crippen molar-refractivity contribution in [2.75, 3.05) is 18.2 Å². The molecular weight excluding hydrogens is 295 g/mol. The number of carbonyl (C=O) groups excluding carboxylic acids is 1. The molecule has 0 aliphatic carbocycles. The Morgan fingerprint density at radius 3 is 2.71 bits per heavy atom. The van der Waals surface area contributed by atoms with Crippen LogP contribution in [-0.2, 0) is 4.74 Å². The predicted octanol–water partition coefficient (Wildman–Crippen LogP) is 3.90. The number of carbonyl (C=O) groups is 1. The number of benzene rings is 2. The van der Waals surface area contributed by atoms with Gasteiger partial charge in [-0.25, -0.2) is 9.18 Å². The first-order chi connectivity index (χ1) is 9.92. The molecule has 0 spiro atoms. The molecule has 2 rings (SSSR count). The van der Waals surface area contributed by atoms with E-state index >= 15 is 0 Å². The fraction of sp³-hybridized carbons (Fsp3) is 0.133. The van der Waals surface area contributed by atoms with E-state index in [1.165, 1.54) is 31.4 Å². The van der Waals surface area contributed by atoms with Gasteiger partial charge in [0.15, 0.2) is 0 Å². The largest absolute Gasteiger partial charge is 0.465 e. The summed E-state index contributed by atoms with van der Waals surface area (Å²) < 4.78 is 18.1. The van der Waals surface area contributed by atoms with Gasteiger partial charge in [-0.2, -0.15) is 0 Å². The Morgan fingerprint density at radius 1 is 1.33 bits per heavy atom. The number of methoxy groups -OCH3 is 1. The molecule has 0 heterocycles. The molecule has 0 atom stereocenters. The van der Waals surface area contributed by atoms with E-state index in [-0.39, 0.29) is 10.6 Å². The van der Waals surface area contributed by atoms with Gasteiger partial charge in [0.2, 0.25) is 0 Å². The minimum atomic E-state index is -0.583. The lowest BCUT2D eigenvalue weighted by atomic mass is 10.1. The van der Waals surface area contributed by atoms with Gasteiger partial charge in [0, 0.05) is 11.4 Å². The third-order valence-electron chi connectivity index (χ3n) is 2.98. The van der Waals surface area contributed by atoms with Gasteiger partial charge in [0.1, 0.15) is 5.82 Å². The van der Waals surface area contributed by atoms with E-state index < -0.39 is 11.8 Å². The molecule has 0 saturated heterocycles. The van der Waals surface area contributed by atoms with Crippen LogP contribution in [-0.4, -0.2) is 13.1 Å². The highest BCUT2D eigenvalue weighted by molar-refractivity contribution is 6.34. The number of aryl methyl sites for hydroxylation is 1. The number of nitrogen functional groups attached to an aromatic ring is 1. The van der Waals surface area contributed by atoms with Crippen LogP contribution in [0.4, 0.5) is 21.5 Å². The molecule has 6 heteroatoms. The highest BCUT2D eigenvalue weighted by Gasteiger charge is 2.17. The zero-order chi connectivity index (χ0) is 15.6. The molecule has 2 aromatic carbocycles. The number of ether oxygens (including phenoxy) is 1. The molecule has 21 heavy (non-hydrogen) atoms. The Balaban J connectivity index is 2.53. The van der Waals surface area contributed by atoms with Crippen molar-refractivity contribution in [1.82, 2.24) is 0 Å². The van der Waals surface area contributed by atoms with Gasteiger partial charge in [0.05, 0.1) is 23.4 Å². The highest BCUT2D eigenvalue weighted by atomic mass is 35.5. The van der Waals surface area contributed by atoms with E-state index in [1.807, 2.05) is 6.92 Å². The van der Waals surface area contributed by atoms with E-state index in [9.17, 15) is 9.18 Å². The smallest absolute Gasteiger partial charge is 0.340 e. The number of halogens is 2. The minimum absolute atomic E-state index is 0.186. The Bertz CT molecular complexity index is 704. The number of esters is 1. The van der Waals surface area contributed by atoms with Crippen LogP contribution in [0.15, 0.2) is 30.3 Å². The van der Waals surface area contributed by atoms with E-state index in [0.717, 1.165) is 5.56 Å². The maximum atomic E-state index is 13.4. The molecule has 0 radical (unpaired) electrons. The summed E-state index contributed by atoms with van der Waals surface area (Å²) >= 11 is 6.13. The number of nitrogens with one attached hydrogen (secondary N) is 1. The standard InChI is InChI=1S/C15H14ClFN2O2/c1-8-3-4-9(17)5-13(8)19-14-11(15(20)21-2)6-10(18)7-12(14)16/h3-7,19H,18H2,1-2H3. The van der Waals surface area contributed by atoms with Crippen molar-refractivity contribution in [3.8, 4) is 0 Å². The van der Waals surface area contributed by atoms with E-state index in [2.05, 4.69) is 5.32 Å². The summed E-state index contributed by atoms with van der Waals surface area (Å²) in [5, 5.41) is 3.21. The molecule has 0 saturated carbocycles. The summed E-state index contributed by atoms with van der Waals surface area (Å²) in [6.07, 6.45) is 0. The SMILES string of the molecule is COC(=O)c1cc(N)cc(Cl)c1Nc1cc(F)ccc1C. The monoisotopic (exact) mass is 308 g/mol. The molecule has 2 aromatic rings. The second-order valence-corrected chi connectivity index (χ2v) is 4.91. The van der Waals surface area contributed by atoms with Crippen molar-refractivity contribution in [3.63, 3.8) is 0 Å². The van der Waals surface area contributed by atoms with Gasteiger partial charge >= 0.3 is 5.97 Å². The first-order valence-corrected chi connectivity index (χ1v) is 6.50. The third-order valence-corrected chi connectivity index (χ3v) is 3.28. The fourth-order valence-electron chi connectivity index (χ4n) is 1.89. The molecule has 3 N–H and O–H groups in total. The molecule has 0 bridgehead atoms. The topological polar surface area (TPSA) is 64.3 Å². The Kier molecular flexibility index (Phi) is 4.33. The van der Waals surface area contributed by atoms with Crippen LogP contribution in [0.3, 0.4) is 0 Å². The quantitative estimate of drug-likeness (QED) is 0.666. The average Bonchev–Trinajstić information content (AvgIpc) is 2.44. The second kappa shape index (κ2) is 6.01. The number of rotatable bonds is 3. The number of anilines is 3. The highest BCUT2D eigenvalue weighted by Crippen LogP contribution is 2.33. The van der Waals surface area contributed by atoms with Crippen LogP contribution in [0.25, 0.3) is 0 Å². The van der Waals surface area contributed by atoms with Crippen LogP contribution >= 0.6 is 11.6 Å². The molecule has 0 aromatic heterocycles. The maximum absolute atomic E-state index is 13.4. The van der Waals surface area contributed by atoms with Crippen LogP contribution in [0.1, 0.15) is 15.9 Å². The third kappa shape index (κ3) is 3.25. The lowest BCUT2D eigenvalue weighted by molar-refractivity contribution is 0.0602. The first-order valence-electron chi connectivity index (χ1n) is 6.13. The number of hydrogen-bond donors (Lipinski definition) is 2. The predicted molar refractivity (Wildman–Crippen MR) is 81.6 cm³/mol. The van der Waals surface area contributed by atoms with E-state index in [4.69, 9.17) is 22.1 Å². The fourth-order valence-corrected chi connectivity index (χ4v) is 2.16. The van der Waals surface area contributed by atoms with Crippen LogP contribution in [0.5, 0.6) is 0 Å². The Labute approximate surface area is 126 Å². The number of hydrogen-bond acceptors (Lipinski definition) is 4. The zero-order valence-corrected chi connectivity index (χ0v) is 12.3. The van der Waals surface area contributed by atoms with Gasteiger partial charge in [-0.05, 0) is 36.8 Å². The lowest BCUT2D eigenvalue weighted by Crippen LogP contribution is -2.08. The normalized spacial score (nSPS) is 10.3. The summed E-state index contributed by atoms with van der Waals surface area (Å²) in [6.45, 7) is 1.81. The zero-order valence-electron chi connectivity index (χ0n) is 11.5. The van der Waals surface area contributed by atoms with Crippen LogP contribution in [0, 0.1) is 12.7 Å². The van der Waals surface area contributed by atoms with E-state index in [1.54, 1.807) is 6.07 Å². The summed E-state index contributed by atoms with van der Waals surface area (Å²) in [5.41, 5.74) is 7.85. The van der Waals surface area contributed by atoms with Crippen molar-refractivity contribution in [3.05, 3.63) is 52.3 Å². The van der Waals surface area contributed by atoms with Crippen LogP contribution < -0.4 is 11.1 Å². The summed E-state index contributed by atoms with van der Waals surface area (Å²) in [5.74, 6) is -0.977.